The zero-order valence-electron chi connectivity index (χ0n) is 9.00. The lowest BCUT2D eigenvalue weighted by Gasteiger charge is -2.33. The van der Waals surface area contributed by atoms with E-state index in [-0.39, 0.29) is 0 Å². The van der Waals surface area contributed by atoms with Gasteiger partial charge >= 0.3 is 5.97 Å². The summed E-state index contributed by atoms with van der Waals surface area (Å²) in [6, 6.07) is 6.01. The molecule has 0 spiro atoms. The molecule has 86 valence electrons. The summed E-state index contributed by atoms with van der Waals surface area (Å²) in [4.78, 5) is 11.3. The largest absolute Gasteiger partial charge is 0.479 e. The summed E-state index contributed by atoms with van der Waals surface area (Å²) in [7, 11) is 1.47. The number of rotatable bonds is 2. The highest BCUT2D eigenvalue weighted by Gasteiger charge is 2.41. The lowest BCUT2D eigenvalue weighted by atomic mass is 9.80. The van der Waals surface area contributed by atoms with Crippen LogP contribution in [0.3, 0.4) is 0 Å². The highest BCUT2D eigenvalue weighted by Crippen LogP contribution is 2.32. The van der Waals surface area contributed by atoms with E-state index in [1.807, 2.05) is 18.2 Å². The summed E-state index contributed by atoms with van der Waals surface area (Å²) in [6.45, 7) is 0. The predicted molar refractivity (Wildman–Crippen MR) is 63.5 cm³/mol. The van der Waals surface area contributed by atoms with Gasteiger partial charge in [-0.15, -0.1) is 0 Å². The van der Waals surface area contributed by atoms with Crippen molar-refractivity contribution in [3.8, 4) is 0 Å². The molecule has 0 aliphatic heterocycles. The van der Waals surface area contributed by atoms with E-state index >= 15 is 0 Å². The van der Waals surface area contributed by atoms with Crippen LogP contribution in [0, 0.1) is 0 Å². The van der Waals surface area contributed by atoms with Crippen LogP contribution in [0.5, 0.6) is 0 Å². The molecule has 1 aromatic carbocycles. The number of hydrogen-bond donors (Lipinski definition) is 1. The maximum absolute atomic E-state index is 11.3. The highest BCUT2D eigenvalue weighted by atomic mass is 79.9. The predicted octanol–water partition coefficient (Wildman–Crippen LogP) is 2.41. The fourth-order valence-electron chi connectivity index (χ4n) is 2.18. The minimum absolute atomic E-state index is 0.438. The molecule has 0 heterocycles. The second kappa shape index (κ2) is 4.18. The number of hydrogen-bond acceptors (Lipinski definition) is 2. The van der Waals surface area contributed by atoms with E-state index < -0.39 is 11.6 Å². The molecule has 0 aromatic heterocycles. The standard InChI is InChI=1S/C12H13BrO3/c1-16-12(11(14)15)5-4-8-2-3-10(13)6-9(8)7-12/h2-3,6H,4-5,7H2,1H3,(H,14,15). The maximum atomic E-state index is 11.3. The zero-order chi connectivity index (χ0) is 11.8. The third kappa shape index (κ3) is 1.87. The number of benzene rings is 1. The van der Waals surface area contributed by atoms with Crippen molar-refractivity contribution < 1.29 is 14.6 Å². The Morgan fingerprint density at radius 2 is 2.25 bits per heavy atom. The van der Waals surface area contributed by atoms with Gasteiger partial charge in [-0.25, -0.2) is 4.79 Å². The van der Waals surface area contributed by atoms with Crippen molar-refractivity contribution in [3.05, 3.63) is 33.8 Å². The number of aryl methyl sites for hydroxylation is 1. The third-order valence-corrected chi connectivity index (χ3v) is 3.72. The minimum Gasteiger partial charge on any atom is -0.479 e. The minimum atomic E-state index is -1.05. The van der Waals surface area contributed by atoms with Crippen molar-refractivity contribution in [1.29, 1.82) is 0 Å². The SMILES string of the molecule is COC1(C(=O)O)CCc2ccc(Br)cc2C1. The molecular weight excluding hydrogens is 272 g/mol. The molecule has 0 saturated carbocycles. The molecule has 1 aliphatic carbocycles. The van der Waals surface area contributed by atoms with Crippen molar-refractivity contribution in [1.82, 2.24) is 0 Å². The van der Waals surface area contributed by atoms with Crippen LogP contribution in [0.2, 0.25) is 0 Å². The zero-order valence-corrected chi connectivity index (χ0v) is 10.6. The molecule has 0 amide bonds. The van der Waals surface area contributed by atoms with E-state index in [0.717, 1.165) is 16.5 Å². The maximum Gasteiger partial charge on any atom is 0.336 e. The summed E-state index contributed by atoms with van der Waals surface area (Å²) < 4.78 is 6.20. The van der Waals surface area contributed by atoms with E-state index in [1.165, 1.54) is 12.7 Å². The molecule has 0 saturated heterocycles. The van der Waals surface area contributed by atoms with Crippen molar-refractivity contribution in [2.75, 3.05) is 7.11 Å². The molecule has 1 N–H and O–H groups in total. The quantitative estimate of drug-likeness (QED) is 0.907. The van der Waals surface area contributed by atoms with E-state index in [9.17, 15) is 9.90 Å². The van der Waals surface area contributed by atoms with Crippen LogP contribution in [0.1, 0.15) is 17.5 Å². The summed E-state index contributed by atoms with van der Waals surface area (Å²) in [6.07, 6.45) is 1.73. The van der Waals surface area contributed by atoms with Gasteiger partial charge < -0.3 is 9.84 Å². The Morgan fingerprint density at radius 1 is 1.50 bits per heavy atom. The fourth-order valence-corrected chi connectivity index (χ4v) is 2.59. The van der Waals surface area contributed by atoms with Crippen LogP contribution >= 0.6 is 15.9 Å². The molecule has 0 radical (unpaired) electrons. The van der Waals surface area contributed by atoms with E-state index in [1.54, 1.807) is 0 Å². The van der Waals surface area contributed by atoms with Crippen LogP contribution in [0.15, 0.2) is 22.7 Å². The Kier molecular flexibility index (Phi) is 3.04. The molecule has 0 bridgehead atoms. The molecule has 0 fully saturated rings. The summed E-state index contributed by atoms with van der Waals surface area (Å²) in [5.74, 6) is -0.874. The number of ether oxygens (including phenoxy) is 1. The molecule has 1 atom stereocenters. The Morgan fingerprint density at radius 3 is 2.88 bits per heavy atom. The number of carboxylic acids is 1. The average Bonchev–Trinajstić information content (AvgIpc) is 2.27. The highest BCUT2D eigenvalue weighted by molar-refractivity contribution is 9.10. The number of aliphatic carboxylic acids is 1. The number of carboxylic acid groups (broad SMARTS) is 1. The average molecular weight is 285 g/mol. The number of halogens is 1. The summed E-state index contributed by atoms with van der Waals surface area (Å²) in [5, 5.41) is 9.25. The van der Waals surface area contributed by atoms with Crippen molar-refractivity contribution in [2.45, 2.75) is 24.9 Å². The lowest BCUT2D eigenvalue weighted by molar-refractivity contribution is -0.163. The topological polar surface area (TPSA) is 46.5 Å². The van der Waals surface area contributed by atoms with Gasteiger partial charge in [0.1, 0.15) is 0 Å². The monoisotopic (exact) mass is 284 g/mol. The number of carbonyl (C=O) groups is 1. The van der Waals surface area contributed by atoms with Crippen molar-refractivity contribution in [3.63, 3.8) is 0 Å². The first kappa shape index (κ1) is 11.6. The van der Waals surface area contributed by atoms with Crippen LogP contribution in [-0.4, -0.2) is 23.8 Å². The first-order valence-corrected chi connectivity index (χ1v) is 5.92. The van der Waals surface area contributed by atoms with Gasteiger partial charge in [0, 0.05) is 18.0 Å². The molecule has 3 nitrogen and oxygen atoms in total. The van der Waals surface area contributed by atoms with Gasteiger partial charge in [-0.3, -0.25) is 0 Å². The van der Waals surface area contributed by atoms with Crippen LogP contribution in [0.25, 0.3) is 0 Å². The lowest BCUT2D eigenvalue weighted by Crippen LogP contribution is -2.45. The van der Waals surface area contributed by atoms with Crippen LogP contribution in [-0.2, 0) is 22.4 Å². The van der Waals surface area contributed by atoms with Gasteiger partial charge in [0.05, 0.1) is 0 Å². The van der Waals surface area contributed by atoms with Gasteiger partial charge in [-0.05, 0) is 36.1 Å². The van der Waals surface area contributed by atoms with Gasteiger partial charge in [0.2, 0.25) is 0 Å². The molecular formula is C12H13BrO3. The second-order valence-corrected chi connectivity index (χ2v) is 5.01. The second-order valence-electron chi connectivity index (χ2n) is 4.09. The first-order valence-electron chi connectivity index (χ1n) is 5.13. The Labute approximate surface area is 103 Å². The molecule has 1 unspecified atom stereocenters. The van der Waals surface area contributed by atoms with Gasteiger partial charge in [-0.2, -0.15) is 0 Å². The van der Waals surface area contributed by atoms with E-state index in [0.29, 0.717) is 12.8 Å². The normalized spacial score (nSPS) is 23.9. The summed E-state index contributed by atoms with van der Waals surface area (Å²) in [5.41, 5.74) is 1.23. The molecule has 1 aromatic rings. The Hall–Kier alpha value is -0.870. The smallest absolute Gasteiger partial charge is 0.336 e. The van der Waals surface area contributed by atoms with Crippen molar-refractivity contribution >= 4 is 21.9 Å². The first-order chi connectivity index (χ1) is 7.57. The molecule has 4 heteroatoms. The Bertz CT molecular complexity index is 430. The molecule has 2 rings (SSSR count). The van der Waals surface area contributed by atoms with Gasteiger partial charge in [-0.1, -0.05) is 22.0 Å². The van der Waals surface area contributed by atoms with E-state index in [4.69, 9.17) is 4.74 Å². The van der Waals surface area contributed by atoms with Gasteiger partial charge in [0.15, 0.2) is 5.60 Å². The van der Waals surface area contributed by atoms with Crippen molar-refractivity contribution in [2.24, 2.45) is 0 Å². The van der Waals surface area contributed by atoms with Gasteiger partial charge in [0.25, 0.3) is 0 Å². The number of methoxy groups -OCH3 is 1. The fraction of sp³-hybridized carbons (Fsp3) is 0.417. The third-order valence-electron chi connectivity index (χ3n) is 3.22. The van der Waals surface area contributed by atoms with Crippen LogP contribution < -0.4 is 0 Å². The summed E-state index contributed by atoms with van der Waals surface area (Å²) >= 11 is 3.40. The van der Waals surface area contributed by atoms with Crippen LogP contribution in [0.4, 0.5) is 0 Å². The molecule has 1 aliphatic rings. The molecule has 16 heavy (non-hydrogen) atoms. The number of fused-ring (bicyclic) bond motifs is 1. The Balaban J connectivity index is 2.38. The van der Waals surface area contributed by atoms with E-state index in [2.05, 4.69) is 15.9 Å².